The Morgan fingerprint density at radius 2 is 1.83 bits per heavy atom. The van der Waals surface area contributed by atoms with Gasteiger partial charge in [0.05, 0.1) is 13.7 Å². The Hall–Kier alpha value is -2.22. The maximum atomic E-state index is 11.8. The van der Waals surface area contributed by atoms with Crippen LogP contribution in [0.4, 0.5) is 0 Å². The molecule has 0 saturated heterocycles. The van der Waals surface area contributed by atoms with E-state index in [1.807, 2.05) is 52.0 Å². The first-order valence-corrected chi connectivity index (χ1v) is 10.9. The Labute approximate surface area is 182 Å². The van der Waals surface area contributed by atoms with Gasteiger partial charge in [-0.1, -0.05) is 24.3 Å². The Kier molecular flexibility index (Phi) is 9.02. The van der Waals surface area contributed by atoms with E-state index in [1.54, 1.807) is 11.3 Å². The SMILES string of the molecule is CCOC(Cc1ccc(-c2csc(CNCC(=O)OC(C)(C)C)c2)cc1)C(=O)OC. The molecule has 1 N–H and O–H groups in total. The summed E-state index contributed by atoms with van der Waals surface area (Å²) in [5, 5.41) is 5.22. The van der Waals surface area contributed by atoms with Crippen molar-refractivity contribution in [1.29, 1.82) is 0 Å². The quantitative estimate of drug-likeness (QED) is 0.572. The van der Waals surface area contributed by atoms with E-state index in [-0.39, 0.29) is 18.5 Å². The van der Waals surface area contributed by atoms with Crippen LogP contribution in [0.15, 0.2) is 35.7 Å². The van der Waals surface area contributed by atoms with Crippen molar-refractivity contribution in [2.24, 2.45) is 0 Å². The van der Waals surface area contributed by atoms with Gasteiger partial charge in [0.25, 0.3) is 0 Å². The number of benzene rings is 1. The Morgan fingerprint density at radius 3 is 2.43 bits per heavy atom. The van der Waals surface area contributed by atoms with Gasteiger partial charge >= 0.3 is 11.9 Å². The van der Waals surface area contributed by atoms with E-state index in [4.69, 9.17) is 14.2 Å². The Balaban J connectivity index is 1.91. The van der Waals surface area contributed by atoms with Crippen molar-refractivity contribution in [3.8, 4) is 11.1 Å². The molecule has 164 valence electrons. The first-order chi connectivity index (χ1) is 14.2. The third kappa shape index (κ3) is 7.89. The van der Waals surface area contributed by atoms with Crippen molar-refractivity contribution >= 4 is 23.3 Å². The average Bonchev–Trinajstić information content (AvgIpc) is 3.15. The topological polar surface area (TPSA) is 73.9 Å². The number of rotatable bonds is 10. The number of carbonyl (C=O) groups is 2. The van der Waals surface area contributed by atoms with Gasteiger partial charge in [-0.3, -0.25) is 4.79 Å². The molecule has 30 heavy (non-hydrogen) atoms. The predicted octanol–water partition coefficient (Wildman–Crippen LogP) is 3.97. The monoisotopic (exact) mass is 433 g/mol. The number of hydrogen-bond acceptors (Lipinski definition) is 7. The van der Waals surface area contributed by atoms with Gasteiger partial charge in [0.1, 0.15) is 5.60 Å². The van der Waals surface area contributed by atoms with Crippen molar-refractivity contribution in [3.05, 3.63) is 46.2 Å². The van der Waals surface area contributed by atoms with Gasteiger partial charge in [-0.05, 0) is 55.8 Å². The number of hydrogen-bond donors (Lipinski definition) is 1. The van der Waals surface area contributed by atoms with Crippen LogP contribution in [0.2, 0.25) is 0 Å². The molecule has 1 aromatic carbocycles. The lowest BCUT2D eigenvalue weighted by atomic mass is 10.0. The highest BCUT2D eigenvalue weighted by Crippen LogP contribution is 2.26. The van der Waals surface area contributed by atoms with Gasteiger partial charge in [-0.2, -0.15) is 0 Å². The molecule has 0 aliphatic heterocycles. The molecule has 0 bridgehead atoms. The average molecular weight is 434 g/mol. The smallest absolute Gasteiger partial charge is 0.335 e. The second kappa shape index (κ2) is 11.2. The number of carbonyl (C=O) groups excluding carboxylic acids is 2. The van der Waals surface area contributed by atoms with Gasteiger partial charge in [-0.25, -0.2) is 4.79 Å². The third-order valence-corrected chi connectivity index (χ3v) is 5.12. The molecule has 0 saturated carbocycles. The molecule has 7 heteroatoms. The zero-order valence-electron chi connectivity index (χ0n) is 18.3. The summed E-state index contributed by atoms with van der Waals surface area (Å²) in [6.45, 7) is 8.67. The van der Waals surface area contributed by atoms with Crippen LogP contribution in [0.25, 0.3) is 11.1 Å². The van der Waals surface area contributed by atoms with Crippen molar-refractivity contribution in [2.45, 2.75) is 52.4 Å². The van der Waals surface area contributed by atoms with Crippen molar-refractivity contribution in [1.82, 2.24) is 5.32 Å². The molecule has 0 aliphatic carbocycles. The molecule has 1 atom stereocenters. The summed E-state index contributed by atoms with van der Waals surface area (Å²) in [5.41, 5.74) is 2.76. The van der Waals surface area contributed by atoms with E-state index in [0.29, 0.717) is 19.6 Å². The second-order valence-corrected chi connectivity index (χ2v) is 8.86. The highest BCUT2D eigenvalue weighted by Gasteiger charge is 2.20. The van der Waals surface area contributed by atoms with E-state index in [2.05, 4.69) is 16.8 Å². The summed E-state index contributed by atoms with van der Waals surface area (Å²) in [6.07, 6.45) is -0.112. The first-order valence-electron chi connectivity index (χ1n) is 10.0. The van der Waals surface area contributed by atoms with E-state index < -0.39 is 11.7 Å². The van der Waals surface area contributed by atoms with Crippen LogP contribution in [-0.4, -0.2) is 43.9 Å². The summed E-state index contributed by atoms with van der Waals surface area (Å²) in [7, 11) is 1.37. The van der Waals surface area contributed by atoms with Gasteiger partial charge in [0, 0.05) is 24.4 Å². The van der Waals surface area contributed by atoms with Gasteiger partial charge in [-0.15, -0.1) is 11.3 Å². The van der Waals surface area contributed by atoms with Crippen LogP contribution in [0.1, 0.15) is 38.1 Å². The molecule has 0 fully saturated rings. The lowest BCUT2D eigenvalue weighted by molar-refractivity contribution is -0.154. The van der Waals surface area contributed by atoms with Crippen LogP contribution in [0, 0.1) is 0 Å². The van der Waals surface area contributed by atoms with Crippen molar-refractivity contribution < 1.29 is 23.8 Å². The van der Waals surface area contributed by atoms with E-state index >= 15 is 0 Å². The molecule has 1 aromatic heterocycles. The first kappa shape index (κ1) is 24.1. The third-order valence-electron chi connectivity index (χ3n) is 4.18. The fourth-order valence-corrected chi connectivity index (χ4v) is 3.74. The van der Waals surface area contributed by atoms with Crippen LogP contribution in [-0.2, 0) is 36.8 Å². The summed E-state index contributed by atoms with van der Waals surface area (Å²) in [4.78, 5) is 24.7. The number of thiophene rings is 1. The summed E-state index contributed by atoms with van der Waals surface area (Å²) in [5.74, 6) is -0.616. The number of nitrogens with one attached hydrogen (secondary N) is 1. The van der Waals surface area contributed by atoms with Gasteiger partial charge in [0.2, 0.25) is 0 Å². The van der Waals surface area contributed by atoms with E-state index in [1.165, 1.54) is 7.11 Å². The lowest BCUT2D eigenvalue weighted by Gasteiger charge is -2.19. The second-order valence-electron chi connectivity index (χ2n) is 7.86. The molecule has 0 amide bonds. The molecular weight excluding hydrogens is 402 g/mol. The maximum Gasteiger partial charge on any atom is 0.335 e. The molecule has 1 heterocycles. The van der Waals surface area contributed by atoms with Gasteiger partial charge in [0.15, 0.2) is 6.10 Å². The van der Waals surface area contributed by atoms with E-state index in [0.717, 1.165) is 21.6 Å². The Bertz CT molecular complexity index is 823. The maximum absolute atomic E-state index is 11.8. The summed E-state index contributed by atoms with van der Waals surface area (Å²) in [6, 6.07) is 10.2. The minimum atomic E-state index is -0.588. The fraction of sp³-hybridized carbons (Fsp3) is 0.478. The number of ether oxygens (including phenoxy) is 3. The molecule has 0 spiro atoms. The van der Waals surface area contributed by atoms with Gasteiger partial charge < -0.3 is 19.5 Å². The van der Waals surface area contributed by atoms with Crippen molar-refractivity contribution in [3.63, 3.8) is 0 Å². The highest BCUT2D eigenvalue weighted by molar-refractivity contribution is 7.10. The van der Waals surface area contributed by atoms with Crippen LogP contribution in [0.5, 0.6) is 0 Å². The zero-order valence-corrected chi connectivity index (χ0v) is 19.1. The normalized spacial score (nSPS) is 12.4. The molecule has 0 aliphatic rings. The summed E-state index contributed by atoms with van der Waals surface area (Å²) < 4.78 is 15.6. The number of esters is 2. The minimum Gasteiger partial charge on any atom is -0.467 e. The Morgan fingerprint density at radius 1 is 1.13 bits per heavy atom. The summed E-state index contributed by atoms with van der Waals surface area (Å²) >= 11 is 1.64. The molecule has 1 unspecified atom stereocenters. The molecule has 6 nitrogen and oxygen atoms in total. The lowest BCUT2D eigenvalue weighted by Crippen LogP contribution is -2.31. The predicted molar refractivity (Wildman–Crippen MR) is 118 cm³/mol. The standard InChI is InChI=1S/C23H31NO5S/c1-6-28-20(22(26)27-5)11-16-7-9-17(10-8-16)18-12-19(30-15-18)13-24-14-21(25)29-23(2,3)4/h7-10,12,15,20,24H,6,11,13-14H2,1-5H3. The van der Waals surface area contributed by atoms with Crippen molar-refractivity contribution in [2.75, 3.05) is 20.3 Å². The molecular formula is C23H31NO5S. The largest absolute Gasteiger partial charge is 0.467 e. The minimum absolute atomic E-state index is 0.181. The van der Waals surface area contributed by atoms with Crippen LogP contribution < -0.4 is 5.32 Å². The molecule has 2 aromatic rings. The number of methoxy groups -OCH3 is 1. The molecule has 0 radical (unpaired) electrons. The highest BCUT2D eigenvalue weighted by atomic mass is 32.1. The van der Waals surface area contributed by atoms with E-state index in [9.17, 15) is 9.59 Å². The molecule has 2 rings (SSSR count). The van der Waals surface area contributed by atoms with Crippen LogP contribution >= 0.6 is 11.3 Å². The fourth-order valence-electron chi connectivity index (χ4n) is 2.88. The van der Waals surface area contributed by atoms with Crippen LogP contribution in [0.3, 0.4) is 0 Å². The zero-order chi connectivity index (χ0) is 22.1.